The van der Waals surface area contributed by atoms with Gasteiger partial charge >= 0.3 is 0 Å². The summed E-state index contributed by atoms with van der Waals surface area (Å²) in [6.45, 7) is 0. The molecule has 234 valence electrons. The zero-order chi connectivity index (χ0) is 33.8. The van der Waals surface area contributed by atoms with Gasteiger partial charge in [0, 0.05) is 35.4 Å². The highest BCUT2D eigenvalue weighted by Crippen LogP contribution is 2.44. The van der Waals surface area contributed by atoms with Gasteiger partial charge < -0.3 is 15.6 Å². The number of nitrogens with zero attached hydrogens (tertiary/aromatic N) is 4. The third-order valence-corrected chi connectivity index (χ3v) is 6.77. The zero-order valence-electron chi connectivity index (χ0n) is 23.6. The van der Waals surface area contributed by atoms with Gasteiger partial charge in [-0.05, 0) is 11.1 Å². The number of amides is 2. The molecule has 0 aliphatic heterocycles. The van der Waals surface area contributed by atoms with Crippen molar-refractivity contribution in [1.29, 1.82) is 0 Å². The van der Waals surface area contributed by atoms with E-state index in [9.17, 15) is 50.0 Å². The van der Waals surface area contributed by atoms with E-state index < -0.39 is 65.4 Å². The molecule has 0 radical (unpaired) electrons. The number of rotatable bonds is 10. The molecule has 0 unspecified atom stereocenters. The van der Waals surface area contributed by atoms with E-state index in [4.69, 9.17) is 0 Å². The van der Waals surface area contributed by atoms with Gasteiger partial charge in [-0.25, -0.2) is 0 Å². The van der Waals surface area contributed by atoms with E-state index in [1.807, 2.05) is 0 Å². The molecule has 0 atom stereocenters. The summed E-state index contributed by atoms with van der Waals surface area (Å²) < 4.78 is 0. The molecule has 0 saturated carbocycles. The highest BCUT2D eigenvalue weighted by molar-refractivity contribution is 6.12. The molecule has 0 saturated heterocycles. The minimum atomic E-state index is -0.970. The van der Waals surface area contributed by atoms with Crippen LogP contribution >= 0.6 is 0 Å². The van der Waals surface area contributed by atoms with Crippen LogP contribution in [0.3, 0.4) is 0 Å². The van der Waals surface area contributed by atoms with Crippen molar-refractivity contribution in [3.05, 3.63) is 149 Å². The molecular formula is C30H19N7O10. The minimum Gasteiger partial charge on any atom is -0.327 e. The molecule has 17 heteroatoms. The van der Waals surface area contributed by atoms with Gasteiger partial charge in [-0.15, -0.1) is 0 Å². The Morgan fingerprint density at radius 2 is 0.787 bits per heavy atom. The summed E-state index contributed by atoms with van der Waals surface area (Å²) in [5.41, 5.74) is -1.89. The van der Waals surface area contributed by atoms with Crippen molar-refractivity contribution in [2.24, 2.45) is 0 Å². The number of non-ortho nitro benzene ring substituents is 4. The first kappa shape index (κ1) is 31.1. The van der Waals surface area contributed by atoms with Crippen LogP contribution in [0.2, 0.25) is 0 Å². The van der Waals surface area contributed by atoms with Gasteiger partial charge in [-0.2, -0.15) is 0 Å². The van der Waals surface area contributed by atoms with Crippen molar-refractivity contribution in [2.45, 2.75) is 0 Å². The average molecular weight is 638 g/mol. The van der Waals surface area contributed by atoms with Gasteiger partial charge in [-0.1, -0.05) is 60.7 Å². The Labute approximate surface area is 262 Å². The molecular weight excluding hydrogens is 618 g/mol. The number of aromatic nitrogens is 1. The number of hydrogen-bond acceptors (Lipinski definition) is 10. The predicted octanol–water partition coefficient (Wildman–Crippen LogP) is 6.49. The number of benzene rings is 4. The van der Waals surface area contributed by atoms with Gasteiger partial charge in [0.1, 0.15) is 11.6 Å². The minimum absolute atomic E-state index is 0.0328. The number of nitro benzene ring substituents is 4. The van der Waals surface area contributed by atoms with Crippen molar-refractivity contribution in [1.82, 2.24) is 4.98 Å². The Bertz CT molecular complexity index is 1890. The highest BCUT2D eigenvalue weighted by atomic mass is 16.6. The Morgan fingerprint density at radius 1 is 0.489 bits per heavy atom. The number of carbonyl (C=O) groups is 2. The van der Waals surface area contributed by atoms with Crippen LogP contribution in [0.15, 0.2) is 97.1 Å². The maximum absolute atomic E-state index is 13.5. The van der Waals surface area contributed by atoms with Crippen molar-refractivity contribution in [2.75, 3.05) is 10.6 Å². The molecule has 1 heterocycles. The molecule has 5 aromatic rings. The topological polar surface area (TPSA) is 247 Å². The van der Waals surface area contributed by atoms with Gasteiger partial charge in [-0.3, -0.25) is 50.0 Å². The number of nitro groups is 4. The summed E-state index contributed by atoms with van der Waals surface area (Å²) in [4.78, 5) is 72.0. The summed E-state index contributed by atoms with van der Waals surface area (Å²) in [6.07, 6.45) is 0. The van der Waals surface area contributed by atoms with E-state index in [0.29, 0.717) is 34.4 Å². The van der Waals surface area contributed by atoms with Crippen LogP contribution in [0.25, 0.3) is 22.3 Å². The Balaban J connectivity index is 1.67. The Kier molecular flexibility index (Phi) is 8.44. The van der Waals surface area contributed by atoms with Crippen molar-refractivity contribution in [3.8, 4) is 22.3 Å². The fraction of sp³-hybridized carbons (Fsp3) is 0. The third kappa shape index (κ3) is 6.63. The van der Waals surface area contributed by atoms with E-state index >= 15 is 0 Å². The van der Waals surface area contributed by atoms with Crippen LogP contribution in [0.4, 0.5) is 34.4 Å². The molecule has 47 heavy (non-hydrogen) atoms. The van der Waals surface area contributed by atoms with E-state index in [0.717, 1.165) is 24.3 Å². The lowest BCUT2D eigenvalue weighted by Gasteiger charge is -2.11. The van der Waals surface area contributed by atoms with Gasteiger partial charge in [0.05, 0.1) is 43.0 Å². The van der Waals surface area contributed by atoms with Gasteiger partial charge in [0.2, 0.25) is 0 Å². The number of anilines is 2. The molecule has 2 amide bonds. The van der Waals surface area contributed by atoms with Crippen molar-refractivity contribution < 1.29 is 29.3 Å². The predicted molar refractivity (Wildman–Crippen MR) is 167 cm³/mol. The van der Waals surface area contributed by atoms with Crippen LogP contribution in [0.5, 0.6) is 0 Å². The number of carbonyl (C=O) groups excluding carboxylic acids is 2. The molecule has 0 aliphatic carbocycles. The van der Waals surface area contributed by atoms with E-state index in [1.54, 1.807) is 60.7 Å². The largest absolute Gasteiger partial charge is 0.327 e. The molecule has 0 aliphatic rings. The van der Waals surface area contributed by atoms with Crippen LogP contribution < -0.4 is 10.6 Å². The van der Waals surface area contributed by atoms with Crippen LogP contribution in [0.1, 0.15) is 20.7 Å². The zero-order valence-corrected chi connectivity index (χ0v) is 23.6. The summed E-state index contributed by atoms with van der Waals surface area (Å²) in [6, 6.07) is 21.9. The molecule has 3 N–H and O–H groups in total. The van der Waals surface area contributed by atoms with Crippen molar-refractivity contribution >= 4 is 46.2 Å². The fourth-order valence-corrected chi connectivity index (χ4v) is 4.72. The lowest BCUT2D eigenvalue weighted by molar-refractivity contribution is -0.394. The lowest BCUT2D eigenvalue weighted by atomic mass is 9.97. The second-order valence-electron chi connectivity index (χ2n) is 9.77. The number of nitrogens with one attached hydrogen (secondary N) is 3. The smallest absolute Gasteiger partial charge is 0.277 e. The monoisotopic (exact) mass is 637 g/mol. The number of hydrogen-bond donors (Lipinski definition) is 3. The van der Waals surface area contributed by atoms with Crippen LogP contribution in [0, 0.1) is 40.5 Å². The molecule has 17 nitrogen and oxygen atoms in total. The van der Waals surface area contributed by atoms with E-state index in [1.165, 1.54) is 0 Å². The van der Waals surface area contributed by atoms with E-state index in [-0.39, 0.29) is 11.6 Å². The highest BCUT2D eigenvalue weighted by Gasteiger charge is 2.27. The van der Waals surface area contributed by atoms with Crippen molar-refractivity contribution in [3.63, 3.8) is 0 Å². The summed E-state index contributed by atoms with van der Waals surface area (Å²) in [5, 5.41) is 50.8. The number of H-pyrrole nitrogens is 1. The maximum atomic E-state index is 13.5. The molecule has 0 fully saturated rings. The van der Waals surface area contributed by atoms with Crippen LogP contribution in [-0.4, -0.2) is 36.5 Å². The second-order valence-corrected chi connectivity index (χ2v) is 9.77. The first-order valence-corrected chi connectivity index (χ1v) is 13.3. The third-order valence-electron chi connectivity index (χ3n) is 6.77. The average Bonchev–Trinajstić information content (AvgIpc) is 3.41. The molecule has 5 rings (SSSR count). The Morgan fingerprint density at radius 3 is 1.06 bits per heavy atom. The van der Waals surface area contributed by atoms with E-state index in [2.05, 4.69) is 15.6 Å². The second kappa shape index (κ2) is 12.7. The normalized spacial score (nSPS) is 10.6. The van der Waals surface area contributed by atoms with Gasteiger partial charge in [0.15, 0.2) is 0 Å². The maximum Gasteiger partial charge on any atom is 0.277 e. The first-order chi connectivity index (χ1) is 22.4. The summed E-state index contributed by atoms with van der Waals surface area (Å²) in [5.74, 6) is -2.01. The molecule has 4 aromatic carbocycles. The van der Waals surface area contributed by atoms with Crippen LogP contribution in [-0.2, 0) is 0 Å². The number of aromatic amines is 1. The quantitative estimate of drug-likeness (QED) is 0.111. The molecule has 1 aromatic heterocycles. The lowest BCUT2D eigenvalue weighted by Crippen LogP contribution is -2.15. The summed E-state index contributed by atoms with van der Waals surface area (Å²) >= 11 is 0. The standard InChI is InChI=1S/C30H19N7O10/c38-29(19-11-21(34(40)41)15-22(12-19)35(42)43)32-27-25(17-7-3-1-4-8-17)26(18-9-5-2-6-10-18)28(31-27)33-30(39)20-13-23(36(44)45)16-24(14-20)37(46)47/h1-16,31H,(H,32,38)(H,33,39). The molecule has 0 spiro atoms. The summed E-state index contributed by atoms with van der Waals surface area (Å²) in [7, 11) is 0. The molecule has 0 bridgehead atoms. The fourth-order valence-electron chi connectivity index (χ4n) is 4.72. The first-order valence-electron chi connectivity index (χ1n) is 13.3. The SMILES string of the molecule is O=C(Nc1[nH]c(NC(=O)c2cc([N+](=O)[O-])cc([N+](=O)[O-])c2)c(-c2ccccc2)c1-c1ccccc1)c1cc([N+](=O)[O-])cc([N+](=O)[O-])c1. The van der Waals surface area contributed by atoms with Gasteiger partial charge in [0.25, 0.3) is 34.6 Å². The Hall–Kier alpha value is -7.30.